The second-order valence-electron chi connectivity index (χ2n) is 4.79. The summed E-state index contributed by atoms with van der Waals surface area (Å²) in [7, 11) is 2.03. The topological polar surface area (TPSA) is 32.3 Å². The lowest BCUT2D eigenvalue weighted by Gasteiger charge is -2.11. The van der Waals surface area contributed by atoms with E-state index in [9.17, 15) is 13.6 Å². The SMILES string of the molecule is CN1CCC(CNC(=O)c2cc(F)cc(F)c2)C1. The maximum Gasteiger partial charge on any atom is 0.251 e. The lowest BCUT2D eigenvalue weighted by atomic mass is 10.1. The van der Waals surface area contributed by atoms with Gasteiger partial charge in [-0.05, 0) is 38.1 Å². The molecule has 1 amide bonds. The van der Waals surface area contributed by atoms with Crippen LogP contribution in [0.25, 0.3) is 0 Å². The highest BCUT2D eigenvalue weighted by atomic mass is 19.1. The molecule has 1 atom stereocenters. The van der Waals surface area contributed by atoms with Crippen LogP contribution in [0, 0.1) is 17.6 Å². The number of carbonyl (C=O) groups is 1. The fraction of sp³-hybridized carbons (Fsp3) is 0.462. The summed E-state index contributed by atoms with van der Waals surface area (Å²) >= 11 is 0. The Balaban J connectivity index is 1.91. The van der Waals surface area contributed by atoms with Crippen LogP contribution >= 0.6 is 0 Å². The number of nitrogens with one attached hydrogen (secondary N) is 1. The van der Waals surface area contributed by atoms with Gasteiger partial charge in [0, 0.05) is 24.7 Å². The standard InChI is InChI=1S/C13H16F2N2O/c1-17-3-2-9(8-17)7-16-13(18)10-4-11(14)6-12(15)5-10/h4-6,9H,2-3,7-8H2,1H3,(H,16,18). The summed E-state index contributed by atoms with van der Waals surface area (Å²) in [6.07, 6.45) is 1.04. The largest absolute Gasteiger partial charge is 0.352 e. The Hall–Kier alpha value is -1.49. The van der Waals surface area contributed by atoms with E-state index in [4.69, 9.17) is 0 Å². The van der Waals surface area contributed by atoms with E-state index in [1.165, 1.54) is 0 Å². The van der Waals surface area contributed by atoms with Crippen LogP contribution in [-0.4, -0.2) is 37.5 Å². The fourth-order valence-corrected chi connectivity index (χ4v) is 2.22. The summed E-state index contributed by atoms with van der Waals surface area (Å²) in [6, 6.07) is 2.83. The van der Waals surface area contributed by atoms with E-state index >= 15 is 0 Å². The normalized spacial score (nSPS) is 20.1. The average molecular weight is 254 g/mol. The Kier molecular flexibility index (Phi) is 3.91. The lowest BCUT2D eigenvalue weighted by molar-refractivity contribution is 0.0946. The number of likely N-dealkylation sites (tertiary alicyclic amines) is 1. The molecular weight excluding hydrogens is 238 g/mol. The molecule has 2 rings (SSSR count). The summed E-state index contributed by atoms with van der Waals surface area (Å²) < 4.78 is 25.9. The Morgan fingerprint density at radius 2 is 2.06 bits per heavy atom. The van der Waals surface area contributed by atoms with Gasteiger partial charge in [-0.1, -0.05) is 0 Å². The molecule has 1 fully saturated rings. The number of benzene rings is 1. The zero-order chi connectivity index (χ0) is 13.1. The van der Waals surface area contributed by atoms with Crippen molar-refractivity contribution in [1.29, 1.82) is 0 Å². The van der Waals surface area contributed by atoms with Crippen LogP contribution in [0.1, 0.15) is 16.8 Å². The highest BCUT2D eigenvalue weighted by Gasteiger charge is 2.20. The monoisotopic (exact) mass is 254 g/mol. The van der Waals surface area contributed by atoms with E-state index in [1.807, 2.05) is 7.05 Å². The Morgan fingerprint density at radius 3 is 2.61 bits per heavy atom. The molecule has 0 radical (unpaired) electrons. The summed E-state index contributed by atoms with van der Waals surface area (Å²) in [5.74, 6) is -1.48. The van der Waals surface area contributed by atoms with Crippen molar-refractivity contribution in [3.8, 4) is 0 Å². The molecule has 0 aromatic heterocycles. The zero-order valence-corrected chi connectivity index (χ0v) is 10.2. The van der Waals surface area contributed by atoms with Crippen LogP contribution in [0.4, 0.5) is 8.78 Å². The van der Waals surface area contributed by atoms with Crippen molar-refractivity contribution in [2.75, 3.05) is 26.7 Å². The zero-order valence-electron chi connectivity index (χ0n) is 10.2. The minimum atomic E-state index is -0.735. The Morgan fingerprint density at radius 1 is 1.39 bits per heavy atom. The first-order valence-corrected chi connectivity index (χ1v) is 5.97. The molecular formula is C13H16F2N2O. The molecule has 1 saturated heterocycles. The van der Waals surface area contributed by atoms with Crippen LogP contribution in [0.5, 0.6) is 0 Å². The van der Waals surface area contributed by atoms with Crippen molar-refractivity contribution in [2.45, 2.75) is 6.42 Å². The number of hydrogen-bond donors (Lipinski definition) is 1. The second kappa shape index (κ2) is 5.44. The molecule has 0 aliphatic carbocycles. The number of rotatable bonds is 3. The van der Waals surface area contributed by atoms with E-state index in [2.05, 4.69) is 10.2 Å². The summed E-state index contributed by atoms with van der Waals surface area (Å²) in [5, 5.41) is 2.72. The van der Waals surface area contributed by atoms with Gasteiger partial charge in [0.15, 0.2) is 0 Å². The minimum Gasteiger partial charge on any atom is -0.352 e. The van der Waals surface area contributed by atoms with E-state index in [0.29, 0.717) is 12.5 Å². The van der Waals surface area contributed by atoms with Gasteiger partial charge in [0.05, 0.1) is 0 Å². The van der Waals surface area contributed by atoms with Gasteiger partial charge < -0.3 is 10.2 Å². The Bertz CT molecular complexity index is 430. The van der Waals surface area contributed by atoms with E-state index in [1.54, 1.807) is 0 Å². The van der Waals surface area contributed by atoms with Gasteiger partial charge in [-0.2, -0.15) is 0 Å². The van der Waals surface area contributed by atoms with Crippen molar-refractivity contribution in [3.05, 3.63) is 35.4 Å². The molecule has 5 heteroatoms. The first-order valence-electron chi connectivity index (χ1n) is 5.97. The molecule has 0 bridgehead atoms. The highest BCUT2D eigenvalue weighted by molar-refractivity contribution is 5.94. The van der Waals surface area contributed by atoms with Gasteiger partial charge in [-0.25, -0.2) is 8.78 Å². The molecule has 1 unspecified atom stereocenters. The van der Waals surface area contributed by atoms with E-state index in [0.717, 1.165) is 37.7 Å². The Labute approximate surface area is 105 Å². The van der Waals surface area contributed by atoms with Crippen molar-refractivity contribution in [3.63, 3.8) is 0 Å². The number of hydrogen-bond acceptors (Lipinski definition) is 2. The molecule has 1 heterocycles. The van der Waals surface area contributed by atoms with Crippen molar-refractivity contribution in [2.24, 2.45) is 5.92 Å². The van der Waals surface area contributed by atoms with Gasteiger partial charge in [-0.15, -0.1) is 0 Å². The summed E-state index contributed by atoms with van der Waals surface area (Å²) in [6.45, 7) is 2.51. The fourth-order valence-electron chi connectivity index (χ4n) is 2.22. The first-order chi connectivity index (χ1) is 8.54. The van der Waals surface area contributed by atoms with E-state index < -0.39 is 17.5 Å². The number of halogens is 2. The first kappa shape index (κ1) is 13.0. The lowest BCUT2D eigenvalue weighted by Crippen LogP contribution is -2.30. The molecule has 1 aliphatic heterocycles. The van der Waals surface area contributed by atoms with Crippen LogP contribution in [0.2, 0.25) is 0 Å². The smallest absolute Gasteiger partial charge is 0.251 e. The quantitative estimate of drug-likeness (QED) is 0.889. The number of amides is 1. The number of carbonyl (C=O) groups excluding carboxylic acids is 1. The highest BCUT2D eigenvalue weighted by Crippen LogP contribution is 2.13. The van der Waals surface area contributed by atoms with Gasteiger partial charge in [-0.3, -0.25) is 4.79 Å². The van der Waals surface area contributed by atoms with E-state index in [-0.39, 0.29) is 5.56 Å². The van der Waals surface area contributed by atoms with Gasteiger partial charge in [0.1, 0.15) is 11.6 Å². The maximum atomic E-state index is 13.0. The third kappa shape index (κ3) is 3.26. The molecule has 1 aromatic rings. The molecule has 0 spiro atoms. The summed E-state index contributed by atoms with van der Waals surface area (Å²) in [5.41, 5.74) is 0.0267. The summed E-state index contributed by atoms with van der Waals surface area (Å²) in [4.78, 5) is 13.9. The predicted octanol–water partition coefficient (Wildman–Crippen LogP) is 1.65. The molecule has 0 saturated carbocycles. The predicted molar refractivity (Wildman–Crippen MR) is 64.3 cm³/mol. The third-order valence-corrected chi connectivity index (χ3v) is 3.16. The van der Waals surface area contributed by atoms with Crippen LogP contribution in [0.3, 0.4) is 0 Å². The molecule has 1 N–H and O–H groups in total. The van der Waals surface area contributed by atoms with Gasteiger partial charge in [0.2, 0.25) is 0 Å². The van der Waals surface area contributed by atoms with Crippen LogP contribution in [-0.2, 0) is 0 Å². The van der Waals surface area contributed by atoms with Crippen LogP contribution in [0.15, 0.2) is 18.2 Å². The molecule has 3 nitrogen and oxygen atoms in total. The van der Waals surface area contributed by atoms with Crippen molar-refractivity contribution < 1.29 is 13.6 Å². The number of nitrogens with zero attached hydrogens (tertiary/aromatic N) is 1. The van der Waals surface area contributed by atoms with Crippen molar-refractivity contribution in [1.82, 2.24) is 10.2 Å². The molecule has 98 valence electrons. The third-order valence-electron chi connectivity index (χ3n) is 3.16. The minimum absolute atomic E-state index is 0.0267. The molecule has 1 aliphatic rings. The average Bonchev–Trinajstić information content (AvgIpc) is 2.70. The van der Waals surface area contributed by atoms with Crippen molar-refractivity contribution >= 4 is 5.91 Å². The van der Waals surface area contributed by atoms with Gasteiger partial charge >= 0.3 is 0 Å². The molecule has 18 heavy (non-hydrogen) atoms. The van der Waals surface area contributed by atoms with Gasteiger partial charge in [0.25, 0.3) is 5.91 Å². The maximum absolute atomic E-state index is 13.0. The van der Waals surface area contributed by atoms with Crippen LogP contribution < -0.4 is 5.32 Å². The second-order valence-corrected chi connectivity index (χ2v) is 4.79. The molecule has 1 aromatic carbocycles.